The second-order valence-corrected chi connectivity index (χ2v) is 5.68. The Morgan fingerprint density at radius 3 is 2.75 bits per heavy atom. The first-order valence-electron chi connectivity index (χ1n) is 8.12. The zero-order valence-corrected chi connectivity index (χ0v) is 14.6. The van der Waals surface area contributed by atoms with Crippen molar-refractivity contribution in [2.45, 2.75) is 25.8 Å². The summed E-state index contributed by atoms with van der Waals surface area (Å²) in [4.78, 5) is 14.6. The van der Waals surface area contributed by atoms with E-state index in [4.69, 9.17) is 9.15 Å². The number of benzene rings is 1. The standard InChI is InChI=1S/C18H22N2O3.ClH/c1-2-12-20(14-10-11-19-13-14)18(21)16-8-9-17(23-16)22-15-6-4-3-5-7-15;/h3-9,14,19H,2,10-13H2,1H3;1H. The van der Waals surface area contributed by atoms with Gasteiger partial charge < -0.3 is 19.4 Å². The summed E-state index contributed by atoms with van der Waals surface area (Å²) in [5, 5.41) is 3.31. The van der Waals surface area contributed by atoms with Gasteiger partial charge in [-0.05, 0) is 37.6 Å². The van der Waals surface area contributed by atoms with Crippen molar-refractivity contribution in [2.75, 3.05) is 19.6 Å². The molecule has 0 bridgehead atoms. The van der Waals surface area contributed by atoms with Gasteiger partial charge in [-0.3, -0.25) is 4.79 Å². The lowest BCUT2D eigenvalue weighted by Crippen LogP contribution is -2.41. The molecular weight excluding hydrogens is 328 g/mol. The molecule has 1 amide bonds. The second kappa shape index (κ2) is 8.76. The molecule has 1 atom stereocenters. The molecule has 1 aromatic heterocycles. The van der Waals surface area contributed by atoms with E-state index < -0.39 is 0 Å². The Morgan fingerprint density at radius 2 is 2.08 bits per heavy atom. The highest BCUT2D eigenvalue weighted by molar-refractivity contribution is 5.92. The highest BCUT2D eigenvalue weighted by Crippen LogP contribution is 2.25. The number of hydrogen-bond donors (Lipinski definition) is 1. The number of furan rings is 1. The molecular formula is C18H23ClN2O3. The Kier molecular flexibility index (Phi) is 6.70. The van der Waals surface area contributed by atoms with E-state index in [0.29, 0.717) is 17.5 Å². The van der Waals surface area contributed by atoms with Crippen LogP contribution in [0.1, 0.15) is 30.3 Å². The molecule has 0 saturated carbocycles. The van der Waals surface area contributed by atoms with Crippen LogP contribution in [0.4, 0.5) is 0 Å². The number of nitrogens with one attached hydrogen (secondary N) is 1. The van der Waals surface area contributed by atoms with Crippen LogP contribution in [0.25, 0.3) is 0 Å². The van der Waals surface area contributed by atoms with Gasteiger partial charge in [0.1, 0.15) is 5.75 Å². The van der Waals surface area contributed by atoms with Gasteiger partial charge >= 0.3 is 0 Å². The number of nitrogens with zero attached hydrogens (tertiary/aromatic N) is 1. The van der Waals surface area contributed by atoms with Crippen molar-refractivity contribution < 1.29 is 13.9 Å². The van der Waals surface area contributed by atoms with Crippen LogP contribution < -0.4 is 10.1 Å². The molecule has 0 spiro atoms. The highest BCUT2D eigenvalue weighted by Gasteiger charge is 2.28. The molecule has 1 unspecified atom stereocenters. The number of carbonyl (C=O) groups excluding carboxylic acids is 1. The maximum absolute atomic E-state index is 12.7. The van der Waals surface area contributed by atoms with E-state index >= 15 is 0 Å². The van der Waals surface area contributed by atoms with Crippen molar-refractivity contribution in [1.29, 1.82) is 0 Å². The average Bonchev–Trinajstić information content (AvgIpc) is 3.25. The van der Waals surface area contributed by atoms with Crippen LogP contribution in [-0.2, 0) is 0 Å². The number of halogens is 1. The van der Waals surface area contributed by atoms with E-state index in [1.54, 1.807) is 12.1 Å². The first-order valence-corrected chi connectivity index (χ1v) is 8.12. The van der Waals surface area contributed by atoms with E-state index in [1.165, 1.54) is 0 Å². The first kappa shape index (κ1) is 18.4. The lowest BCUT2D eigenvalue weighted by Gasteiger charge is -2.27. The maximum Gasteiger partial charge on any atom is 0.290 e. The Hall–Kier alpha value is -1.98. The van der Waals surface area contributed by atoms with Crippen LogP contribution in [0, 0.1) is 0 Å². The smallest absolute Gasteiger partial charge is 0.290 e. The van der Waals surface area contributed by atoms with Crippen LogP contribution in [0.2, 0.25) is 0 Å². The second-order valence-electron chi connectivity index (χ2n) is 5.68. The van der Waals surface area contributed by atoms with Crippen LogP contribution in [-0.4, -0.2) is 36.5 Å². The van der Waals surface area contributed by atoms with Gasteiger partial charge in [-0.2, -0.15) is 0 Å². The van der Waals surface area contributed by atoms with Crippen molar-refractivity contribution in [3.05, 3.63) is 48.2 Å². The minimum atomic E-state index is -0.0662. The Labute approximate surface area is 148 Å². The number of rotatable bonds is 6. The SMILES string of the molecule is CCCN(C(=O)c1ccc(Oc2ccccc2)o1)C1CCNC1.Cl. The molecule has 24 heavy (non-hydrogen) atoms. The van der Waals surface area contributed by atoms with Gasteiger partial charge in [0, 0.05) is 25.2 Å². The number of ether oxygens (including phenoxy) is 1. The maximum atomic E-state index is 12.7. The fourth-order valence-corrected chi connectivity index (χ4v) is 2.83. The molecule has 2 heterocycles. The van der Waals surface area contributed by atoms with Gasteiger partial charge in [0.2, 0.25) is 0 Å². The summed E-state index contributed by atoms with van der Waals surface area (Å²) in [5.74, 6) is 1.28. The molecule has 130 valence electrons. The highest BCUT2D eigenvalue weighted by atomic mass is 35.5. The van der Waals surface area contributed by atoms with E-state index in [0.717, 1.165) is 32.5 Å². The molecule has 1 saturated heterocycles. The lowest BCUT2D eigenvalue weighted by molar-refractivity contribution is 0.0654. The third kappa shape index (κ3) is 4.30. The minimum absolute atomic E-state index is 0. The summed E-state index contributed by atoms with van der Waals surface area (Å²) < 4.78 is 11.2. The monoisotopic (exact) mass is 350 g/mol. The molecule has 1 aromatic carbocycles. The summed E-state index contributed by atoms with van der Waals surface area (Å²) in [6, 6.07) is 13.0. The van der Waals surface area contributed by atoms with E-state index in [1.807, 2.05) is 35.2 Å². The van der Waals surface area contributed by atoms with Crippen molar-refractivity contribution in [3.8, 4) is 11.7 Å². The number of carbonyl (C=O) groups is 1. The zero-order valence-electron chi connectivity index (χ0n) is 13.7. The molecule has 1 N–H and O–H groups in total. The minimum Gasteiger partial charge on any atom is -0.426 e. The van der Waals surface area contributed by atoms with Gasteiger partial charge in [-0.25, -0.2) is 0 Å². The fourth-order valence-electron chi connectivity index (χ4n) is 2.83. The lowest BCUT2D eigenvalue weighted by atomic mass is 10.2. The van der Waals surface area contributed by atoms with E-state index in [-0.39, 0.29) is 24.4 Å². The van der Waals surface area contributed by atoms with Crippen molar-refractivity contribution in [1.82, 2.24) is 10.2 Å². The average molecular weight is 351 g/mol. The Balaban J connectivity index is 0.00000208. The van der Waals surface area contributed by atoms with Gasteiger partial charge in [0.25, 0.3) is 11.9 Å². The van der Waals surface area contributed by atoms with Crippen LogP contribution >= 0.6 is 12.4 Å². The van der Waals surface area contributed by atoms with Gasteiger partial charge in [-0.15, -0.1) is 12.4 Å². The van der Waals surface area contributed by atoms with Crippen molar-refractivity contribution >= 4 is 18.3 Å². The van der Waals surface area contributed by atoms with Crippen LogP contribution in [0.3, 0.4) is 0 Å². The first-order chi connectivity index (χ1) is 11.3. The van der Waals surface area contributed by atoms with Crippen molar-refractivity contribution in [2.24, 2.45) is 0 Å². The summed E-state index contributed by atoms with van der Waals surface area (Å²) in [6.07, 6.45) is 1.91. The third-order valence-corrected chi connectivity index (χ3v) is 3.95. The predicted molar refractivity (Wildman–Crippen MR) is 95.1 cm³/mol. The summed E-state index contributed by atoms with van der Waals surface area (Å²) in [5.41, 5.74) is 0. The Bertz CT molecular complexity index is 639. The van der Waals surface area contributed by atoms with E-state index in [9.17, 15) is 4.79 Å². The Morgan fingerprint density at radius 1 is 1.29 bits per heavy atom. The summed E-state index contributed by atoms with van der Waals surface area (Å²) in [6.45, 7) is 4.62. The largest absolute Gasteiger partial charge is 0.426 e. The number of para-hydroxylation sites is 1. The number of amides is 1. The van der Waals surface area contributed by atoms with E-state index in [2.05, 4.69) is 12.2 Å². The summed E-state index contributed by atoms with van der Waals surface area (Å²) in [7, 11) is 0. The van der Waals surface area contributed by atoms with Gasteiger partial charge in [-0.1, -0.05) is 25.1 Å². The molecule has 5 nitrogen and oxygen atoms in total. The van der Waals surface area contributed by atoms with Gasteiger partial charge in [0.15, 0.2) is 5.76 Å². The summed E-state index contributed by atoms with van der Waals surface area (Å²) >= 11 is 0. The molecule has 3 rings (SSSR count). The molecule has 1 aliphatic rings. The quantitative estimate of drug-likeness (QED) is 0.862. The topological polar surface area (TPSA) is 54.7 Å². The van der Waals surface area contributed by atoms with Crippen LogP contribution in [0.5, 0.6) is 11.7 Å². The molecule has 1 fully saturated rings. The molecule has 1 aliphatic heterocycles. The normalized spacial score (nSPS) is 16.5. The number of hydrogen-bond acceptors (Lipinski definition) is 4. The molecule has 0 aliphatic carbocycles. The van der Waals surface area contributed by atoms with Gasteiger partial charge in [0.05, 0.1) is 0 Å². The fraction of sp³-hybridized carbons (Fsp3) is 0.389. The van der Waals surface area contributed by atoms with Crippen molar-refractivity contribution in [3.63, 3.8) is 0 Å². The predicted octanol–water partition coefficient (Wildman–Crippen LogP) is 3.71. The molecule has 2 aromatic rings. The van der Waals surface area contributed by atoms with Crippen LogP contribution in [0.15, 0.2) is 46.9 Å². The molecule has 6 heteroatoms. The third-order valence-electron chi connectivity index (χ3n) is 3.95. The molecule has 0 radical (unpaired) electrons. The zero-order chi connectivity index (χ0) is 16.1.